The molecular formula is C9H19NO3. The van der Waals surface area contributed by atoms with Gasteiger partial charge >= 0.3 is 0 Å². The van der Waals surface area contributed by atoms with Gasteiger partial charge in [0.1, 0.15) is 0 Å². The van der Waals surface area contributed by atoms with E-state index in [4.69, 9.17) is 15.3 Å². The van der Waals surface area contributed by atoms with Crippen molar-refractivity contribution in [3.05, 3.63) is 12.2 Å². The molecule has 0 spiro atoms. The van der Waals surface area contributed by atoms with Crippen LogP contribution in [0.25, 0.3) is 0 Å². The van der Waals surface area contributed by atoms with Gasteiger partial charge in [0.2, 0.25) is 0 Å². The molecule has 4 nitrogen and oxygen atoms in total. The van der Waals surface area contributed by atoms with Gasteiger partial charge in [-0.15, -0.1) is 0 Å². The highest BCUT2D eigenvalue weighted by Gasteiger charge is 2.26. The van der Waals surface area contributed by atoms with Gasteiger partial charge in [0.15, 0.2) is 0 Å². The molecule has 0 saturated heterocycles. The lowest BCUT2D eigenvalue weighted by Crippen LogP contribution is -2.55. The molecule has 78 valence electrons. The number of rotatable bonds is 7. The van der Waals surface area contributed by atoms with E-state index in [1.807, 2.05) is 6.92 Å². The van der Waals surface area contributed by atoms with E-state index in [1.165, 1.54) is 0 Å². The molecule has 0 aliphatic rings. The normalized spacial score (nSPS) is 11.7. The number of nitrogens with one attached hydrogen (secondary N) is 1. The number of aliphatic hydroxyl groups excluding tert-OH is 3. The third kappa shape index (κ3) is 3.87. The molecule has 0 atom stereocenters. The Morgan fingerprint density at radius 1 is 1.23 bits per heavy atom. The number of hydrogen-bond acceptors (Lipinski definition) is 4. The second-order valence-electron chi connectivity index (χ2n) is 3.21. The summed E-state index contributed by atoms with van der Waals surface area (Å²) in [4.78, 5) is 0. The maximum absolute atomic E-state index is 8.95. The van der Waals surface area contributed by atoms with Crippen LogP contribution in [-0.4, -0.2) is 47.2 Å². The van der Waals surface area contributed by atoms with Crippen molar-refractivity contribution in [2.24, 2.45) is 0 Å². The van der Waals surface area contributed by atoms with Crippen molar-refractivity contribution in [1.29, 1.82) is 0 Å². The summed E-state index contributed by atoms with van der Waals surface area (Å²) in [6.45, 7) is 5.36. The van der Waals surface area contributed by atoms with Crippen molar-refractivity contribution in [3.63, 3.8) is 0 Å². The van der Waals surface area contributed by atoms with E-state index in [1.54, 1.807) is 0 Å². The van der Waals surface area contributed by atoms with Crippen molar-refractivity contribution < 1.29 is 15.3 Å². The SMILES string of the molecule is C=C(CC)CNC(CO)(CO)CO. The van der Waals surface area contributed by atoms with E-state index in [0.717, 1.165) is 12.0 Å². The first-order valence-corrected chi connectivity index (χ1v) is 4.38. The summed E-state index contributed by atoms with van der Waals surface area (Å²) >= 11 is 0. The lowest BCUT2D eigenvalue weighted by Gasteiger charge is -2.29. The van der Waals surface area contributed by atoms with E-state index in [9.17, 15) is 0 Å². The Balaban J connectivity index is 4.02. The zero-order valence-electron chi connectivity index (χ0n) is 8.08. The summed E-state index contributed by atoms with van der Waals surface area (Å²) in [6.07, 6.45) is 0.839. The molecule has 0 aliphatic heterocycles. The van der Waals surface area contributed by atoms with Crippen LogP contribution in [-0.2, 0) is 0 Å². The zero-order valence-corrected chi connectivity index (χ0v) is 8.08. The highest BCUT2D eigenvalue weighted by Crippen LogP contribution is 2.03. The van der Waals surface area contributed by atoms with E-state index < -0.39 is 5.54 Å². The Morgan fingerprint density at radius 3 is 2.00 bits per heavy atom. The van der Waals surface area contributed by atoms with Gasteiger partial charge in [0, 0.05) is 6.54 Å². The van der Waals surface area contributed by atoms with E-state index in [0.29, 0.717) is 6.54 Å². The van der Waals surface area contributed by atoms with Crippen molar-refractivity contribution in [2.45, 2.75) is 18.9 Å². The van der Waals surface area contributed by atoms with Crippen molar-refractivity contribution >= 4 is 0 Å². The van der Waals surface area contributed by atoms with Gasteiger partial charge in [-0.1, -0.05) is 19.1 Å². The maximum Gasteiger partial charge on any atom is 0.0884 e. The van der Waals surface area contributed by atoms with Crippen LogP contribution in [0.5, 0.6) is 0 Å². The minimum absolute atomic E-state index is 0.295. The number of aliphatic hydroxyl groups is 3. The van der Waals surface area contributed by atoms with Crippen molar-refractivity contribution in [2.75, 3.05) is 26.4 Å². The fourth-order valence-corrected chi connectivity index (χ4v) is 0.755. The molecule has 0 unspecified atom stereocenters. The quantitative estimate of drug-likeness (QED) is 0.398. The molecule has 4 heteroatoms. The van der Waals surface area contributed by atoms with Gasteiger partial charge in [-0.3, -0.25) is 0 Å². The Bertz CT molecular complexity index is 147. The van der Waals surface area contributed by atoms with E-state index in [2.05, 4.69) is 11.9 Å². The van der Waals surface area contributed by atoms with Crippen LogP contribution in [0.3, 0.4) is 0 Å². The molecule has 0 radical (unpaired) electrons. The molecule has 0 aromatic heterocycles. The van der Waals surface area contributed by atoms with Crippen LogP contribution in [0.1, 0.15) is 13.3 Å². The van der Waals surface area contributed by atoms with Crippen molar-refractivity contribution in [3.8, 4) is 0 Å². The smallest absolute Gasteiger partial charge is 0.0884 e. The molecule has 0 amide bonds. The first-order valence-electron chi connectivity index (χ1n) is 4.38. The highest BCUT2D eigenvalue weighted by atomic mass is 16.3. The fourth-order valence-electron chi connectivity index (χ4n) is 0.755. The summed E-state index contributed by atoms with van der Waals surface area (Å²) in [6, 6.07) is 0. The topological polar surface area (TPSA) is 72.7 Å². The average molecular weight is 189 g/mol. The minimum atomic E-state index is -0.988. The van der Waals surface area contributed by atoms with E-state index >= 15 is 0 Å². The van der Waals surface area contributed by atoms with Gasteiger partial charge in [-0.2, -0.15) is 0 Å². The van der Waals surface area contributed by atoms with Gasteiger partial charge in [0.05, 0.1) is 25.4 Å². The second-order valence-corrected chi connectivity index (χ2v) is 3.21. The molecule has 0 aromatic carbocycles. The van der Waals surface area contributed by atoms with Crippen LogP contribution in [0.4, 0.5) is 0 Å². The zero-order chi connectivity index (χ0) is 10.3. The lowest BCUT2D eigenvalue weighted by atomic mass is 10.0. The first-order chi connectivity index (χ1) is 6.14. The molecular weight excluding hydrogens is 170 g/mol. The van der Waals surface area contributed by atoms with Crippen LogP contribution in [0, 0.1) is 0 Å². The summed E-state index contributed by atoms with van der Waals surface area (Å²) in [7, 11) is 0. The standard InChI is InChI=1S/C9H19NO3/c1-3-8(2)4-10-9(5-11,6-12)7-13/h10-13H,2-7H2,1H3. The average Bonchev–Trinajstić information content (AvgIpc) is 2.20. The molecule has 0 aliphatic carbocycles. The molecule has 0 rings (SSSR count). The first kappa shape index (κ1) is 12.6. The lowest BCUT2D eigenvalue weighted by molar-refractivity contribution is 0.0446. The summed E-state index contributed by atoms with van der Waals surface area (Å²) < 4.78 is 0. The van der Waals surface area contributed by atoms with Crippen LogP contribution < -0.4 is 5.32 Å². The van der Waals surface area contributed by atoms with Crippen molar-refractivity contribution in [1.82, 2.24) is 5.32 Å². The molecule has 0 aromatic rings. The Hall–Kier alpha value is -0.420. The molecule has 4 N–H and O–H groups in total. The van der Waals surface area contributed by atoms with Crippen LogP contribution >= 0.6 is 0 Å². The van der Waals surface area contributed by atoms with Gasteiger partial charge in [-0.05, 0) is 6.42 Å². The molecule has 0 fully saturated rings. The fraction of sp³-hybridized carbons (Fsp3) is 0.778. The summed E-state index contributed by atoms with van der Waals surface area (Å²) in [5.74, 6) is 0. The van der Waals surface area contributed by atoms with E-state index in [-0.39, 0.29) is 19.8 Å². The molecule has 13 heavy (non-hydrogen) atoms. The largest absolute Gasteiger partial charge is 0.394 e. The second kappa shape index (κ2) is 6.10. The third-order valence-electron chi connectivity index (χ3n) is 2.12. The molecule has 0 saturated carbocycles. The van der Waals surface area contributed by atoms with Gasteiger partial charge in [-0.25, -0.2) is 0 Å². The predicted molar refractivity (Wildman–Crippen MR) is 51.4 cm³/mol. The predicted octanol–water partition coefficient (Wildman–Crippen LogP) is -0.742. The Morgan fingerprint density at radius 2 is 1.69 bits per heavy atom. The third-order valence-corrected chi connectivity index (χ3v) is 2.12. The van der Waals surface area contributed by atoms with Crippen LogP contribution in [0.2, 0.25) is 0 Å². The maximum atomic E-state index is 8.95. The van der Waals surface area contributed by atoms with Gasteiger partial charge in [0.25, 0.3) is 0 Å². The van der Waals surface area contributed by atoms with Gasteiger partial charge < -0.3 is 20.6 Å². The monoisotopic (exact) mass is 189 g/mol. The Labute approximate surface area is 78.9 Å². The summed E-state index contributed by atoms with van der Waals surface area (Å²) in [5.41, 5.74) is -0.0160. The minimum Gasteiger partial charge on any atom is -0.394 e. The highest BCUT2D eigenvalue weighted by molar-refractivity contribution is 4.99. The number of hydrogen-bond donors (Lipinski definition) is 4. The molecule has 0 heterocycles. The molecule has 0 bridgehead atoms. The van der Waals surface area contributed by atoms with Crippen LogP contribution in [0.15, 0.2) is 12.2 Å². The Kier molecular flexibility index (Phi) is 5.90. The summed E-state index contributed by atoms with van der Waals surface area (Å²) in [5, 5.41) is 29.7.